The van der Waals surface area contributed by atoms with E-state index in [4.69, 9.17) is 13.8 Å². The van der Waals surface area contributed by atoms with E-state index < -0.39 is 20.0 Å². The molecular weight excluding hydrogens is 1020 g/mol. The zero-order valence-electron chi connectivity index (χ0n) is 54.8. The van der Waals surface area contributed by atoms with Crippen LogP contribution >= 0.6 is 7.82 Å². The van der Waals surface area contributed by atoms with Gasteiger partial charge in [0.15, 0.2) is 0 Å². The van der Waals surface area contributed by atoms with Crippen molar-refractivity contribution in [2.75, 3.05) is 40.9 Å². The van der Waals surface area contributed by atoms with Gasteiger partial charge in [-0.2, -0.15) is 0 Å². The number of allylic oxidation sites excluding steroid dienone is 5. The van der Waals surface area contributed by atoms with Crippen LogP contribution in [-0.2, 0) is 27.9 Å². The molecule has 0 saturated heterocycles. The smallest absolute Gasteiger partial charge is 0.456 e. The first-order valence-corrected chi connectivity index (χ1v) is 36.8. The second-order valence-electron chi connectivity index (χ2n) is 25.4. The van der Waals surface area contributed by atoms with E-state index in [-0.39, 0.29) is 25.1 Å². The van der Waals surface area contributed by atoms with Crippen LogP contribution < -0.4 is 5.32 Å². The van der Waals surface area contributed by atoms with Gasteiger partial charge in [0.05, 0.1) is 33.8 Å². The SMILES string of the molecule is CCCCCCCC/C=C/CCCCCCCCCCCCCCCCCC(=O)NC(COP(=O)(O)OCC[N+](C)(C)C)C(/C=C\CCCCCCCCCCCCC)OC(=O)CCCCCCCCC/C=C/CCCCCCCC. The standard InChI is InChI=1S/C71H137N2O7P/c1-7-10-13-16-19-22-25-28-30-32-33-34-35-36-37-38-39-41-42-45-48-51-54-57-60-63-70(74)72-68(67-79-81(76,77)78-66-65-73(4,5)6)69(62-59-56-53-50-47-44-27-24-21-18-15-12-9-3)80-71(75)64-61-58-55-52-49-46-43-40-31-29-26-23-20-17-14-11-8-2/h28-31,59,62,68-69H,7-27,32-58,60-61,63-67H2,1-6H3,(H-,72,74,76,77)/p+1/b30-28+,31-29+,62-59-. The van der Waals surface area contributed by atoms with Gasteiger partial charge in [-0.25, -0.2) is 4.57 Å². The zero-order valence-corrected chi connectivity index (χ0v) is 55.7. The Morgan fingerprint density at radius 3 is 1.05 bits per heavy atom. The van der Waals surface area contributed by atoms with Crippen molar-refractivity contribution >= 4 is 19.7 Å². The van der Waals surface area contributed by atoms with Crippen LogP contribution in [0.3, 0.4) is 0 Å². The highest BCUT2D eigenvalue weighted by molar-refractivity contribution is 7.47. The number of ether oxygens (including phenoxy) is 1. The topological polar surface area (TPSA) is 111 Å². The summed E-state index contributed by atoms with van der Waals surface area (Å²) in [6.45, 7) is 7.06. The highest BCUT2D eigenvalue weighted by Crippen LogP contribution is 2.43. The van der Waals surface area contributed by atoms with E-state index >= 15 is 0 Å². The van der Waals surface area contributed by atoms with E-state index in [1.807, 2.05) is 33.3 Å². The Kier molecular flexibility index (Phi) is 60.0. The number of esters is 1. The number of nitrogens with zero attached hydrogens (tertiary/aromatic N) is 1. The molecule has 81 heavy (non-hydrogen) atoms. The summed E-state index contributed by atoms with van der Waals surface area (Å²) in [5, 5.41) is 3.08. The summed E-state index contributed by atoms with van der Waals surface area (Å²) in [7, 11) is 1.51. The maximum atomic E-state index is 13.6. The quantitative estimate of drug-likeness (QED) is 0.0205. The van der Waals surface area contributed by atoms with Crippen LogP contribution in [0, 0.1) is 0 Å². The van der Waals surface area contributed by atoms with Crippen molar-refractivity contribution in [2.45, 2.75) is 367 Å². The molecule has 478 valence electrons. The largest absolute Gasteiger partial charge is 0.472 e. The Bertz CT molecular complexity index is 1480. The second kappa shape index (κ2) is 61.3. The van der Waals surface area contributed by atoms with Crippen molar-refractivity contribution < 1.29 is 37.3 Å². The highest BCUT2D eigenvalue weighted by atomic mass is 31.2. The summed E-state index contributed by atoms with van der Waals surface area (Å²) in [5.74, 6) is -0.492. The molecule has 0 spiro atoms. The van der Waals surface area contributed by atoms with Crippen molar-refractivity contribution in [3.05, 3.63) is 36.5 Å². The van der Waals surface area contributed by atoms with Gasteiger partial charge in [-0.1, -0.05) is 295 Å². The molecule has 0 saturated carbocycles. The number of hydrogen-bond acceptors (Lipinski definition) is 6. The Morgan fingerprint density at radius 1 is 0.420 bits per heavy atom. The normalized spacial score (nSPS) is 13.7. The lowest BCUT2D eigenvalue weighted by molar-refractivity contribution is -0.870. The van der Waals surface area contributed by atoms with Crippen LogP contribution in [0.15, 0.2) is 36.5 Å². The molecule has 0 rings (SSSR count). The lowest BCUT2D eigenvalue weighted by atomic mass is 10.0. The van der Waals surface area contributed by atoms with Crippen molar-refractivity contribution in [3.8, 4) is 0 Å². The summed E-state index contributed by atoms with van der Waals surface area (Å²) >= 11 is 0. The fourth-order valence-electron chi connectivity index (χ4n) is 10.6. The van der Waals surface area contributed by atoms with Crippen molar-refractivity contribution in [1.82, 2.24) is 5.32 Å². The minimum absolute atomic E-state index is 0.0421. The Hall–Kier alpha value is -1.77. The summed E-state index contributed by atoms with van der Waals surface area (Å²) < 4.78 is 30.8. The number of quaternary nitrogens is 1. The van der Waals surface area contributed by atoms with Gasteiger partial charge in [0.1, 0.15) is 19.3 Å². The van der Waals surface area contributed by atoms with E-state index in [0.29, 0.717) is 23.9 Å². The van der Waals surface area contributed by atoms with Crippen LogP contribution in [0.5, 0.6) is 0 Å². The molecule has 0 radical (unpaired) electrons. The maximum absolute atomic E-state index is 13.6. The third kappa shape index (κ3) is 62.6. The lowest BCUT2D eigenvalue weighted by Crippen LogP contribution is -2.47. The number of unbranched alkanes of at least 4 members (excludes halogenated alkanes) is 45. The molecule has 0 aromatic carbocycles. The molecule has 0 aromatic heterocycles. The highest BCUT2D eigenvalue weighted by Gasteiger charge is 2.30. The fourth-order valence-corrected chi connectivity index (χ4v) is 11.3. The van der Waals surface area contributed by atoms with Crippen LogP contribution in [0.25, 0.3) is 0 Å². The summed E-state index contributed by atoms with van der Waals surface area (Å²) in [4.78, 5) is 37.9. The molecule has 2 N–H and O–H groups in total. The van der Waals surface area contributed by atoms with Gasteiger partial charge >= 0.3 is 13.8 Å². The average molecular weight is 1160 g/mol. The number of carbonyl (C=O) groups excluding carboxylic acids is 2. The Balaban J connectivity index is 5.07. The summed E-state index contributed by atoms with van der Waals surface area (Å²) in [6, 6.07) is -0.847. The Morgan fingerprint density at radius 2 is 0.716 bits per heavy atom. The molecule has 0 bridgehead atoms. The first-order chi connectivity index (χ1) is 39.4. The third-order valence-electron chi connectivity index (χ3n) is 16.1. The number of likely N-dealkylation sites (N-methyl/N-ethyl adjacent to an activating group) is 1. The number of rotatable bonds is 65. The predicted molar refractivity (Wildman–Crippen MR) is 351 cm³/mol. The third-order valence-corrected chi connectivity index (χ3v) is 17.0. The summed E-state index contributed by atoms with van der Waals surface area (Å²) in [6.07, 6.45) is 75.8. The number of hydrogen-bond donors (Lipinski definition) is 2. The van der Waals surface area contributed by atoms with Gasteiger partial charge in [0, 0.05) is 12.8 Å². The molecule has 10 heteroatoms. The van der Waals surface area contributed by atoms with Crippen molar-refractivity contribution in [1.29, 1.82) is 0 Å². The van der Waals surface area contributed by atoms with Gasteiger partial charge in [-0.3, -0.25) is 18.6 Å². The first kappa shape index (κ1) is 79.2. The Labute approximate surface area is 504 Å². The van der Waals surface area contributed by atoms with Gasteiger partial charge in [0.25, 0.3) is 0 Å². The van der Waals surface area contributed by atoms with E-state index in [1.165, 1.54) is 263 Å². The molecule has 0 aliphatic rings. The molecule has 0 aliphatic carbocycles. The number of amides is 1. The van der Waals surface area contributed by atoms with E-state index in [1.54, 1.807) is 0 Å². The maximum Gasteiger partial charge on any atom is 0.472 e. The molecule has 0 fully saturated rings. The minimum atomic E-state index is -4.45. The second-order valence-corrected chi connectivity index (χ2v) is 26.9. The summed E-state index contributed by atoms with van der Waals surface area (Å²) in [5.41, 5.74) is 0. The molecule has 1 amide bonds. The van der Waals surface area contributed by atoms with Gasteiger partial charge in [-0.15, -0.1) is 0 Å². The van der Waals surface area contributed by atoms with E-state index in [2.05, 4.69) is 50.4 Å². The first-order valence-electron chi connectivity index (χ1n) is 35.3. The van der Waals surface area contributed by atoms with E-state index in [0.717, 1.165) is 57.8 Å². The molecule has 3 unspecified atom stereocenters. The van der Waals surface area contributed by atoms with Crippen LogP contribution in [-0.4, -0.2) is 74.3 Å². The number of phosphoric ester groups is 1. The minimum Gasteiger partial charge on any atom is -0.456 e. The van der Waals surface area contributed by atoms with Gasteiger partial charge < -0.3 is 19.4 Å². The average Bonchev–Trinajstić information content (AvgIpc) is 3.44. The van der Waals surface area contributed by atoms with Crippen LogP contribution in [0.4, 0.5) is 0 Å². The molecule has 3 atom stereocenters. The monoisotopic (exact) mass is 1160 g/mol. The molecular formula is C71H138N2O7P+. The zero-order chi connectivity index (χ0) is 59.3. The molecule has 9 nitrogen and oxygen atoms in total. The number of nitrogens with one attached hydrogen (secondary N) is 1. The van der Waals surface area contributed by atoms with Crippen molar-refractivity contribution in [2.24, 2.45) is 0 Å². The fraction of sp³-hybridized carbons (Fsp3) is 0.887. The number of phosphoric acid groups is 1. The molecule has 0 aromatic rings. The van der Waals surface area contributed by atoms with Crippen LogP contribution in [0.2, 0.25) is 0 Å². The van der Waals surface area contributed by atoms with Crippen molar-refractivity contribution in [3.63, 3.8) is 0 Å². The lowest BCUT2D eigenvalue weighted by Gasteiger charge is -2.27. The molecule has 0 aliphatic heterocycles. The van der Waals surface area contributed by atoms with Crippen LogP contribution in [0.1, 0.15) is 355 Å². The van der Waals surface area contributed by atoms with Gasteiger partial charge in [-0.05, 0) is 83.1 Å². The number of carbonyl (C=O) groups is 2. The van der Waals surface area contributed by atoms with E-state index in [9.17, 15) is 19.0 Å². The molecule has 0 heterocycles. The predicted octanol–water partition coefficient (Wildman–Crippen LogP) is 22.2. The van der Waals surface area contributed by atoms with Gasteiger partial charge in [0.2, 0.25) is 5.91 Å².